The molecule has 0 bridgehead atoms. The summed E-state index contributed by atoms with van der Waals surface area (Å²) in [5, 5.41) is 16.2. The highest BCUT2D eigenvalue weighted by Crippen LogP contribution is 2.30. The first-order valence-corrected chi connectivity index (χ1v) is 7.91. The molecule has 1 aliphatic heterocycles. The molecule has 2 aromatic rings. The summed E-state index contributed by atoms with van der Waals surface area (Å²) in [4.78, 5) is 23.6. The van der Waals surface area contributed by atoms with Gasteiger partial charge in [0, 0.05) is 7.05 Å². The van der Waals surface area contributed by atoms with Crippen molar-refractivity contribution in [2.45, 2.75) is 25.9 Å². The van der Waals surface area contributed by atoms with Crippen LogP contribution in [0.25, 0.3) is 0 Å². The summed E-state index contributed by atoms with van der Waals surface area (Å²) < 4.78 is 7.08. The van der Waals surface area contributed by atoms with Crippen molar-refractivity contribution in [2.24, 2.45) is 7.05 Å². The second-order valence-corrected chi connectivity index (χ2v) is 5.95. The van der Waals surface area contributed by atoms with Gasteiger partial charge in [-0.2, -0.15) is 0 Å². The molecule has 0 spiro atoms. The molecule has 1 aliphatic rings. The Morgan fingerprint density at radius 1 is 1.32 bits per heavy atom. The van der Waals surface area contributed by atoms with Gasteiger partial charge in [-0.3, -0.25) is 4.79 Å². The zero-order valence-corrected chi connectivity index (χ0v) is 14.2. The van der Waals surface area contributed by atoms with Gasteiger partial charge < -0.3 is 25.3 Å². The average Bonchev–Trinajstić information content (AvgIpc) is 3.00. The van der Waals surface area contributed by atoms with E-state index in [1.807, 2.05) is 27.0 Å². The summed E-state index contributed by atoms with van der Waals surface area (Å²) in [6.07, 6.45) is 1.58. The largest absolute Gasteiger partial charge is 0.482 e. The van der Waals surface area contributed by atoms with Crippen molar-refractivity contribution >= 4 is 17.6 Å². The number of fused-ring (bicyclic) bond motifs is 1. The smallest absolute Gasteiger partial charge is 0.315 e. The second kappa shape index (κ2) is 6.80. The molecular weight excluding hydrogens is 324 g/mol. The van der Waals surface area contributed by atoms with Crippen LogP contribution in [0.1, 0.15) is 37.3 Å². The van der Waals surface area contributed by atoms with Crippen LogP contribution in [0.15, 0.2) is 24.5 Å². The number of nitrogens with zero attached hydrogens (tertiary/aromatic N) is 3. The number of amides is 3. The van der Waals surface area contributed by atoms with Crippen molar-refractivity contribution in [1.82, 2.24) is 25.4 Å². The number of rotatable bonds is 4. The van der Waals surface area contributed by atoms with Gasteiger partial charge in [0.1, 0.15) is 12.1 Å². The van der Waals surface area contributed by atoms with Gasteiger partial charge in [-0.1, -0.05) is 6.07 Å². The molecule has 3 N–H and O–H groups in total. The van der Waals surface area contributed by atoms with Gasteiger partial charge in [-0.25, -0.2) is 4.79 Å². The molecule has 25 heavy (non-hydrogen) atoms. The molecule has 0 saturated carbocycles. The third kappa shape index (κ3) is 3.70. The second-order valence-electron chi connectivity index (χ2n) is 5.95. The lowest BCUT2D eigenvalue weighted by Crippen LogP contribution is -2.39. The third-order valence-electron chi connectivity index (χ3n) is 3.97. The van der Waals surface area contributed by atoms with Gasteiger partial charge in [-0.05, 0) is 31.5 Å². The molecule has 2 atom stereocenters. The number of hydrogen-bond acceptors (Lipinski definition) is 5. The molecule has 0 saturated heterocycles. The first kappa shape index (κ1) is 16.7. The zero-order valence-electron chi connectivity index (χ0n) is 14.2. The van der Waals surface area contributed by atoms with E-state index in [1.54, 1.807) is 23.0 Å². The van der Waals surface area contributed by atoms with E-state index in [9.17, 15) is 9.59 Å². The standard InChI is InChI=1S/C16H20N6O3/c1-9(11-4-5-13-12(6-11)20-14(23)7-25-13)18-16(24)19-10(2)15-21-17-8-22(15)3/h4-6,8-10H,7H2,1-3H3,(H,20,23)(H2,18,19,24). The van der Waals surface area contributed by atoms with Gasteiger partial charge in [-0.15, -0.1) is 10.2 Å². The fraction of sp³-hybridized carbons (Fsp3) is 0.375. The Bertz CT molecular complexity index is 803. The van der Waals surface area contributed by atoms with Crippen LogP contribution >= 0.6 is 0 Å². The van der Waals surface area contributed by atoms with Crippen molar-refractivity contribution in [3.63, 3.8) is 0 Å². The molecule has 2 unspecified atom stereocenters. The first-order valence-electron chi connectivity index (χ1n) is 7.91. The Labute approximate surface area is 144 Å². The number of aryl methyl sites for hydroxylation is 1. The molecule has 3 amide bonds. The van der Waals surface area contributed by atoms with Crippen LogP contribution in [0, 0.1) is 0 Å². The summed E-state index contributed by atoms with van der Waals surface area (Å²) in [5.74, 6) is 1.09. The van der Waals surface area contributed by atoms with Crippen molar-refractivity contribution in [1.29, 1.82) is 0 Å². The first-order chi connectivity index (χ1) is 11.9. The Balaban J connectivity index is 1.63. The van der Waals surface area contributed by atoms with Crippen molar-refractivity contribution in [3.05, 3.63) is 35.9 Å². The molecular formula is C16H20N6O3. The Morgan fingerprint density at radius 3 is 2.80 bits per heavy atom. The average molecular weight is 344 g/mol. The van der Waals surface area contributed by atoms with E-state index >= 15 is 0 Å². The number of benzene rings is 1. The maximum Gasteiger partial charge on any atom is 0.315 e. The van der Waals surface area contributed by atoms with E-state index in [4.69, 9.17) is 4.74 Å². The van der Waals surface area contributed by atoms with Crippen LogP contribution in [-0.2, 0) is 11.8 Å². The number of urea groups is 1. The van der Waals surface area contributed by atoms with Crippen molar-refractivity contribution < 1.29 is 14.3 Å². The van der Waals surface area contributed by atoms with E-state index in [1.165, 1.54) is 0 Å². The summed E-state index contributed by atoms with van der Waals surface area (Å²) in [7, 11) is 1.82. The fourth-order valence-electron chi connectivity index (χ4n) is 2.64. The minimum atomic E-state index is -0.319. The number of nitrogens with one attached hydrogen (secondary N) is 3. The molecule has 0 aliphatic carbocycles. The van der Waals surface area contributed by atoms with Gasteiger partial charge in [0.2, 0.25) is 0 Å². The molecule has 132 valence electrons. The van der Waals surface area contributed by atoms with Crippen LogP contribution in [0.4, 0.5) is 10.5 Å². The summed E-state index contributed by atoms with van der Waals surface area (Å²) >= 11 is 0. The van der Waals surface area contributed by atoms with Gasteiger partial charge in [0.15, 0.2) is 12.4 Å². The Morgan fingerprint density at radius 2 is 2.08 bits per heavy atom. The summed E-state index contributed by atoms with van der Waals surface area (Å²) in [5.41, 5.74) is 1.46. The third-order valence-corrected chi connectivity index (χ3v) is 3.97. The number of hydrogen-bond donors (Lipinski definition) is 3. The van der Waals surface area contributed by atoms with Crippen molar-refractivity contribution in [2.75, 3.05) is 11.9 Å². The highest BCUT2D eigenvalue weighted by molar-refractivity contribution is 5.95. The minimum absolute atomic E-state index is 0.0164. The number of carbonyl (C=O) groups excluding carboxylic acids is 2. The maximum atomic E-state index is 12.2. The lowest BCUT2D eigenvalue weighted by molar-refractivity contribution is -0.118. The van der Waals surface area contributed by atoms with Gasteiger partial charge in [0.05, 0.1) is 17.8 Å². The number of anilines is 1. The molecule has 2 heterocycles. The normalized spacial score (nSPS) is 15.4. The Hall–Kier alpha value is -3.10. The van der Waals surface area contributed by atoms with Crippen LogP contribution in [0.5, 0.6) is 5.75 Å². The monoisotopic (exact) mass is 344 g/mol. The zero-order chi connectivity index (χ0) is 18.0. The van der Waals surface area contributed by atoms with E-state index in [-0.39, 0.29) is 30.6 Å². The topological polar surface area (TPSA) is 110 Å². The summed E-state index contributed by atoms with van der Waals surface area (Å²) in [6, 6.07) is 4.58. The lowest BCUT2D eigenvalue weighted by Gasteiger charge is -2.21. The lowest BCUT2D eigenvalue weighted by atomic mass is 10.1. The predicted molar refractivity (Wildman–Crippen MR) is 90.1 cm³/mol. The quantitative estimate of drug-likeness (QED) is 0.773. The predicted octanol–water partition coefficient (Wildman–Crippen LogP) is 1.27. The number of ether oxygens (including phenoxy) is 1. The number of carbonyl (C=O) groups is 2. The van der Waals surface area contributed by atoms with E-state index < -0.39 is 0 Å². The molecule has 0 fully saturated rings. The SMILES string of the molecule is CC(NC(=O)NC(C)c1nncn1C)c1ccc2c(c1)NC(=O)CO2. The molecule has 1 aromatic carbocycles. The maximum absolute atomic E-state index is 12.2. The molecule has 9 heteroatoms. The van der Waals surface area contributed by atoms with E-state index in [2.05, 4.69) is 26.1 Å². The van der Waals surface area contributed by atoms with E-state index in [0.29, 0.717) is 17.3 Å². The van der Waals surface area contributed by atoms with Crippen LogP contribution in [0.2, 0.25) is 0 Å². The molecule has 9 nitrogen and oxygen atoms in total. The minimum Gasteiger partial charge on any atom is -0.482 e. The van der Waals surface area contributed by atoms with E-state index in [0.717, 1.165) is 5.56 Å². The van der Waals surface area contributed by atoms with Crippen molar-refractivity contribution in [3.8, 4) is 5.75 Å². The Kier molecular flexibility index (Phi) is 4.55. The van der Waals surface area contributed by atoms with Gasteiger partial charge in [0.25, 0.3) is 5.91 Å². The molecule has 1 aromatic heterocycles. The molecule has 3 rings (SSSR count). The van der Waals surface area contributed by atoms with Crippen LogP contribution in [-0.4, -0.2) is 33.3 Å². The van der Waals surface area contributed by atoms with Crippen LogP contribution < -0.4 is 20.7 Å². The fourth-order valence-corrected chi connectivity index (χ4v) is 2.64. The highest BCUT2D eigenvalue weighted by atomic mass is 16.5. The molecule has 0 radical (unpaired) electrons. The number of aromatic nitrogens is 3. The summed E-state index contributed by atoms with van der Waals surface area (Å²) in [6.45, 7) is 3.71. The van der Waals surface area contributed by atoms with Crippen LogP contribution in [0.3, 0.4) is 0 Å². The highest BCUT2D eigenvalue weighted by Gasteiger charge is 2.19. The van der Waals surface area contributed by atoms with Gasteiger partial charge >= 0.3 is 6.03 Å².